The lowest BCUT2D eigenvalue weighted by atomic mass is 10.1. The minimum absolute atomic E-state index is 0.741. The summed E-state index contributed by atoms with van der Waals surface area (Å²) < 4.78 is 0.880. The van der Waals surface area contributed by atoms with E-state index < -0.39 is 0 Å². The largest absolute Gasteiger partial charge is 0.301 e. The van der Waals surface area contributed by atoms with E-state index in [0.29, 0.717) is 0 Å². The van der Waals surface area contributed by atoms with Crippen LogP contribution in [0.5, 0.6) is 0 Å². The summed E-state index contributed by atoms with van der Waals surface area (Å²) in [4.78, 5) is 3.70. The molecule has 0 radical (unpaired) electrons. The van der Waals surface area contributed by atoms with E-state index in [1.807, 2.05) is 6.07 Å². The highest BCUT2D eigenvalue weighted by molar-refractivity contribution is 9.09. The molecule has 0 aliphatic rings. The van der Waals surface area contributed by atoms with Crippen molar-refractivity contribution in [1.82, 2.24) is 4.90 Å². The van der Waals surface area contributed by atoms with Gasteiger partial charge in [-0.1, -0.05) is 40.9 Å². The maximum Gasteiger partial charge on any atom is 0.0931 e. The summed E-state index contributed by atoms with van der Waals surface area (Å²) in [6.45, 7) is 4.37. The predicted octanol–water partition coefficient (Wildman–Crippen LogP) is 4.25. The second-order valence-corrected chi connectivity index (χ2v) is 6.28. The highest BCUT2D eigenvalue weighted by Crippen LogP contribution is 2.22. The van der Waals surface area contributed by atoms with Crippen molar-refractivity contribution in [2.75, 3.05) is 18.9 Å². The van der Waals surface area contributed by atoms with Gasteiger partial charge in [-0.25, -0.2) is 0 Å². The molecule has 0 fully saturated rings. The predicted molar refractivity (Wildman–Crippen MR) is 73.2 cm³/mol. The van der Waals surface area contributed by atoms with Gasteiger partial charge in [-0.2, -0.15) is 0 Å². The van der Waals surface area contributed by atoms with Crippen molar-refractivity contribution < 1.29 is 0 Å². The van der Waals surface area contributed by atoms with Crippen LogP contribution in [0, 0.1) is 5.92 Å². The van der Waals surface area contributed by atoms with E-state index in [4.69, 9.17) is 11.6 Å². The monoisotopic (exact) mass is 309 g/mol. The SMILES string of the molecule is CCC(CBr)CN(C)Cc1ccc(Cl)s1. The van der Waals surface area contributed by atoms with Crippen molar-refractivity contribution in [3.8, 4) is 0 Å². The molecule has 0 aliphatic carbocycles. The number of hydrogen-bond donors (Lipinski definition) is 0. The topological polar surface area (TPSA) is 3.24 Å². The van der Waals surface area contributed by atoms with Gasteiger partial charge < -0.3 is 4.90 Å². The highest BCUT2D eigenvalue weighted by Gasteiger charge is 2.09. The van der Waals surface area contributed by atoms with Gasteiger partial charge in [-0.3, -0.25) is 0 Å². The van der Waals surface area contributed by atoms with Crippen LogP contribution in [0.2, 0.25) is 4.34 Å². The minimum Gasteiger partial charge on any atom is -0.301 e. The third-order valence-electron chi connectivity index (χ3n) is 2.42. The summed E-state index contributed by atoms with van der Waals surface area (Å²) in [7, 11) is 2.17. The Morgan fingerprint density at radius 3 is 2.73 bits per heavy atom. The fraction of sp³-hybridized carbons (Fsp3) is 0.636. The molecule has 0 amide bonds. The fourth-order valence-corrected chi connectivity index (χ4v) is 3.33. The van der Waals surface area contributed by atoms with Gasteiger partial charge in [0.05, 0.1) is 4.34 Å². The van der Waals surface area contributed by atoms with Crippen molar-refractivity contribution in [2.45, 2.75) is 19.9 Å². The summed E-state index contributed by atoms with van der Waals surface area (Å²) >= 11 is 11.1. The summed E-state index contributed by atoms with van der Waals surface area (Å²) in [5.74, 6) is 0.741. The normalized spacial score (nSPS) is 13.4. The summed E-state index contributed by atoms with van der Waals surface area (Å²) in [6, 6.07) is 4.08. The second kappa shape index (κ2) is 6.89. The molecule has 4 heteroatoms. The lowest BCUT2D eigenvalue weighted by Gasteiger charge is -2.20. The molecule has 86 valence electrons. The smallest absolute Gasteiger partial charge is 0.0931 e. The van der Waals surface area contributed by atoms with Crippen LogP contribution in [0.4, 0.5) is 0 Å². The van der Waals surface area contributed by atoms with Crippen LogP contribution in [-0.4, -0.2) is 23.8 Å². The summed E-state index contributed by atoms with van der Waals surface area (Å²) in [5.41, 5.74) is 0. The van der Waals surface area contributed by atoms with Crippen LogP contribution in [0.25, 0.3) is 0 Å². The zero-order valence-electron chi connectivity index (χ0n) is 9.17. The van der Waals surface area contributed by atoms with Crippen molar-refractivity contribution in [2.24, 2.45) is 5.92 Å². The molecular formula is C11H17BrClNS. The van der Waals surface area contributed by atoms with Gasteiger partial charge in [-0.05, 0) is 25.1 Å². The van der Waals surface area contributed by atoms with Crippen molar-refractivity contribution in [3.63, 3.8) is 0 Å². The van der Waals surface area contributed by atoms with E-state index in [2.05, 4.69) is 40.9 Å². The molecule has 1 unspecified atom stereocenters. The maximum atomic E-state index is 5.90. The Morgan fingerprint density at radius 2 is 2.27 bits per heavy atom. The van der Waals surface area contributed by atoms with Crippen molar-refractivity contribution >= 4 is 38.9 Å². The van der Waals surface area contributed by atoms with Gasteiger partial charge >= 0.3 is 0 Å². The van der Waals surface area contributed by atoms with E-state index in [0.717, 1.165) is 28.7 Å². The number of thiophene rings is 1. The van der Waals surface area contributed by atoms with E-state index in [1.54, 1.807) is 11.3 Å². The summed E-state index contributed by atoms with van der Waals surface area (Å²) in [5, 5.41) is 1.08. The molecule has 0 bridgehead atoms. The molecule has 1 nitrogen and oxygen atoms in total. The molecule has 1 aromatic rings. The van der Waals surface area contributed by atoms with Crippen molar-refractivity contribution in [3.05, 3.63) is 21.3 Å². The first-order valence-corrected chi connectivity index (χ1v) is 7.46. The number of rotatable bonds is 6. The molecule has 0 spiro atoms. The standard InChI is InChI=1S/C11H17BrClNS/c1-3-9(6-12)7-14(2)8-10-4-5-11(13)15-10/h4-5,9H,3,6-8H2,1-2H3. The van der Waals surface area contributed by atoms with Crippen LogP contribution in [-0.2, 0) is 6.54 Å². The van der Waals surface area contributed by atoms with E-state index >= 15 is 0 Å². The Bertz CT molecular complexity index is 286. The van der Waals surface area contributed by atoms with Crippen LogP contribution >= 0.6 is 38.9 Å². The molecule has 0 aromatic carbocycles. The molecule has 0 N–H and O–H groups in total. The molecule has 1 aromatic heterocycles. The van der Waals surface area contributed by atoms with E-state index in [1.165, 1.54) is 11.3 Å². The lowest BCUT2D eigenvalue weighted by molar-refractivity contribution is 0.280. The molecule has 0 saturated carbocycles. The van der Waals surface area contributed by atoms with Gasteiger partial charge in [0, 0.05) is 23.3 Å². The number of nitrogens with zero attached hydrogens (tertiary/aromatic N) is 1. The van der Waals surface area contributed by atoms with E-state index in [-0.39, 0.29) is 0 Å². The highest BCUT2D eigenvalue weighted by atomic mass is 79.9. The maximum absolute atomic E-state index is 5.90. The first kappa shape index (κ1) is 13.5. The third kappa shape index (κ3) is 4.85. The Labute approximate surface area is 110 Å². The van der Waals surface area contributed by atoms with Crippen LogP contribution in [0.3, 0.4) is 0 Å². The molecule has 1 rings (SSSR count). The zero-order chi connectivity index (χ0) is 11.3. The van der Waals surface area contributed by atoms with Crippen LogP contribution in [0.15, 0.2) is 12.1 Å². The van der Waals surface area contributed by atoms with Crippen LogP contribution < -0.4 is 0 Å². The Kier molecular flexibility index (Phi) is 6.20. The van der Waals surface area contributed by atoms with Gasteiger partial charge in [0.15, 0.2) is 0 Å². The molecular weight excluding hydrogens is 294 g/mol. The van der Waals surface area contributed by atoms with Gasteiger partial charge in [0.25, 0.3) is 0 Å². The summed E-state index contributed by atoms with van der Waals surface area (Å²) in [6.07, 6.45) is 1.22. The average Bonchev–Trinajstić information content (AvgIpc) is 2.60. The van der Waals surface area contributed by atoms with Gasteiger partial charge in [0.2, 0.25) is 0 Å². The fourth-order valence-electron chi connectivity index (χ4n) is 1.50. The van der Waals surface area contributed by atoms with Gasteiger partial charge in [0.1, 0.15) is 0 Å². The van der Waals surface area contributed by atoms with Crippen LogP contribution in [0.1, 0.15) is 18.2 Å². The quantitative estimate of drug-likeness (QED) is 0.710. The first-order valence-electron chi connectivity index (χ1n) is 5.14. The number of alkyl halides is 1. The molecule has 0 aliphatic heterocycles. The number of halogens is 2. The molecule has 0 saturated heterocycles. The molecule has 1 atom stereocenters. The molecule has 15 heavy (non-hydrogen) atoms. The van der Waals surface area contributed by atoms with Gasteiger partial charge in [-0.15, -0.1) is 11.3 Å². The molecule has 1 heterocycles. The second-order valence-electron chi connectivity index (χ2n) is 3.83. The third-order valence-corrected chi connectivity index (χ3v) is 4.55. The number of hydrogen-bond acceptors (Lipinski definition) is 2. The Morgan fingerprint density at radius 1 is 1.53 bits per heavy atom. The van der Waals surface area contributed by atoms with Crippen molar-refractivity contribution in [1.29, 1.82) is 0 Å². The average molecular weight is 311 g/mol. The Balaban J connectivity index is 2.38. The zero-order valence-corrected chi connectivity index (χ0v) is 12.3. The first-order chi connectivity index (χ1) is 7.15. The minimum atomic E-state index is 0.741. The lowest BCUT2D eigenvalue weighted by Crippen LogP contribution is -2.25. The van der Waals surface area contributed by atoms with E-state index in [9.17, 15) is 0 Å². The Hall–Kier alpha value is 0.430.